The number of fused-ring (bicyclic) bond motifs is 1. The van der Waals surface area contributed by atoms with Gasteiger partial charge in [0.1, 0.15) is 5.75 Å². The summed E-state index contributed by atoms with van der Waals surface area (Å²) in [5.74, 6) is 1.76. The number of aliphatic imine (C=N–C) groups is 1. The van der Waals surface area contributed by atoms with Crippen LogP contribution in [0.4, 0.5) is 16.2 Å². The number of aryl methyl sites for hydroxylation is 1. The second-order valence-electron chi connectivity index (χ2n) is 10.9. The van der Waals surface area contributed by atoms with Gasteiger partial charge in [-0.15, -0.1) is 0 Å². The molecule has 1 fully saturated rings. The summed E-state index contributed by atoms with van der Waals surface area (Å²) in [7, 11) is 0. The van der Waals surface area contributed by atoms with E-state index in [-0.39, 0.29) is 12.9 Å². The summed E-state index contributed by atoms with van der Waals surface area (Å²) >= 11 is 12.6. The highest BCUT2D eigenvalue weighted by Gasteiger charge is 2.20. The van der Waals surface area contributed by atoms with Crippen molar-refractivity contribution >= 4 is 46.6 Å². The van der Waals surface area contributed by atoms with Crippen LogP contribution in [-0.4, -0.2) is 81.0 Å². The van der Waals surface area contributed by atoms with Gasteiger partial charge in [-0.25, -0.2) is 9.79 Å². The van der Waals surface area contributed by atoms with Gasteiger partial charge in [0.15, 0.2) is 5.90 Å². The fourth-order valence-corrected chi connectivity index (χ4v) is 5.49. The van der Waals surface area contributed by atoms with Gasteiger partial charge < -0.3 is 24.0 Å². The van der Waals surface area contributed by atoms with Crippen LogP contribution < -0.4 is 9.64 Å². The highest BCUT2D eigenvalue weighted by molar-refractivity contribution is 6.43. The molecule has 224 valence electrons. The van der Waals surface area contributed by atoms with Crippen molar-refractivity contribution in [2.24, 2.45) is 10.9 Å². The minimum atomic E-state index is -0.363. The second-order valence-corrected chi connectivity index (χ2v) is 11.6. The van der Waals surface area contributed by atoms with Crippen molar-refractivity contribution in [3.05, 3.63) is 52.0 Å². The third-order valence-electron chi connectivity index (χ3n) is 7.33. The van der Waals surface area contributed by atoms with Crippen LogP contribution in [0.5, 0.6) is 5.75 Å². The molecule has 0 atom stereocenters. The van der Waals surface area contributed by atoms with Gasteiger partial charge in [0, 0.05) is 51.8 Å². The molecule has 0 bridgehead atoms. The largest absolute Gasteiger partial charge is 0.494 e. The van der Waals surface area contributed by atoms with Gasteiger partial charge in [0.2, 0.25) is 6.79 Å². The van der Waals surface area contributed by atoms with E-state index in [2.05, 4.69) is 34.7 Å². The Kier molecular flexibility index (Phi) is 11.8. The smallest absolute Gasteiger partial charge is 0.412 e. The lowest BCUT2D eigenvalue weighted by molar-refractivity contribution is 0.0266. The molecule has 0 N–H and O–H groups in total. The number of rotatable bonds is 12. The van der Waals surface area contributed by atoms with Gasteiger partial charge in [-0.3, -0.25) is 4.90 Å². The number of halogens is 2. The SMILES string of the molecule is CCN(CC(C)C)C(=O)OCOC1=Nc2cc(OCCCCN3CCN(c4cccc(Cl)c4Cl)CC3)ccc2CC1. The lowest BCUT2D eigenvalue weighted by Crippen LogP contribution is -2.46. The van der Waals surface area contributed by atoms with E-state index in [1.165, 1.54) is 0 Å². The molecule has 0 radical (unpaired) electrons. The molecule has 4 rings (SSSR count). The lowest BCUT2D eigenvalue weighted by atomic mass is 10.0. The van der Waals surface area contributed by atoms with Crippen LogP contribution in [0, 0.1) is 5.92 Å². The fourth-order valence-electron chi connectivity index (χ4n) is 5.07. The first-order chi connectivity index (χ1) is 19.8. The van der Waals surface area contributed by atoms with Crippen LogP contribution in [0.2, 0.25) is 10.0 Å². The van der Waals surface area contributed by atoms with E-state index in [9.17, 15) is 4.79 Å². The number of nitrogens with zero attached hydrogens (tertiary/aromatic N) is 4. The Bertz CT molecular complexity index is 1180. The first-order valence-electron chi connectivity index (χ1n) is 14.6. The molecule has 2 aromatic carbocycles. The van der Waals surface area contributed by atoms with Crippen molar-refractivity contribution in [1.29, 1.82) is 0 Å². The second kappa shape index (κ2) is 15.5. The summed E-state index contributed by atoms with van der Waals surface area (Å²) in [4.78, 5) is 23.4. The Morgan fingerprint density at radius 3 is 2.61 bits per heavy atom. The van der Waals surface area contributed by atoms with Crippen LogP contribution >= 0.6 is 23.2 Å². The Morgan fingerprint density at radius 1 is 1.05 bits per heavy atom. The van der Waals surface area contributed by atoms with Gasteiger partial charge in [-0.2, -0.15) is 0 Å². The zero-order valence-corrected chi connectivity index (χ0v) is 25.9. The molecular formula is C31H42Cl2N4O4. The topological polar surface area (TPSA) is 66.8 Å². The molecule has 2 aliphatic rings. The fraction of sp³-hybridized carbons (Fsp3) is 0.548. The van der Waals surface area contributed by atoms with Crippen molar-refractivity contribution in [3.63, 3.8) is 0 Å². The molecule has 0 aromatic heterocycles. The Labute approximate surface area is 254 Å². The Hall–Kier alpha value is -2.68. The van der Waals surface area contributed by atoms with Crippen LogP contribution in [0.3, 0.4) is 0 Å². The average molecular weight is 606 g/mol. The number of hydrogen-bond donors (Lipinski definition) is 0. The summed E-state index contributed by atoms with van der Waals surface area (Å²) in [6, 6.07) is 11.9. The molecule has 10 heteroatoms. The summed E-state index contributed by atoms with van der Waals surface area (Å²) < 4.78 is 17.0. The standard InChI is InChI=1S/C31H42Cl2N4O4/c1-4-36(21-23(2)3)31(38)41-22-40-29-13-11-24-10-12-25(20-27(24)34-29)39-19-6-5-14-35-15-17-37(18-16-35)28-9-7-8-26(32)30(28)33/h7-10,12,20,23H,4-6,11,13-19,21-22H2,1-3H3. The van der Waals surface area contributed by atoms with Gasteiger partial charge in [0.25, 0.3) is 0 Å². The number of hydrogen-bond acceptors (Lipinski definition) is 7. The molecule has 1 saturated heterocycles. The number of piperazine rings is 1. The van der Waals surface area contributed by atoms with E-state index in [4.69, 9.17) is 37.4 Å². The molecular weight excluding hydrogens is 563 g/mol. The molecule has 0 saturated carbocycles. The molecule has 0 unspecified atom stereocenters. The normalized spacial score (nSPS) is 15.4. The van der Waals surface area contributed by atoms with E-state index in [0.29, 0.717) is 48.0 Å². The minimum Gasteiger partial charge on any atom is -0.494 e. The highest BCUT2D eigenvalue weighted by Crippen LogP contribution is 2.33. The maximum atomic E-state index is 12.3. The number of benzene rings is 2. The van der Waals surface area contributed by atoms with E-state index in [1.807, 2.05) is 37.3 Å². The molecule has 0 aliphatic carbocycles. The van der Waals surface area contributed by atoms with E-state index >= 15 is 0 Å². The summed E-state index contributed by atoms with van der Waals surface area (Å²) in [5, 5.41) is 1.24. The minimum absolute atomic E-state index is 0.138. The molecule has 8 nitrogen and oxygen atoms in total. The van der Waals surface area contributed by atoms with Gasteiger partial charge in [-0.05, 0) is 62.4 Å². The summed E-state index contributed by atoms with van der Waals surface area (Å²) in [6.45, 7) is 12.8. The Morgan fingerprint density at radius 2 is 1.85 bits per heavy atom. The number of amides is 1. The molecule has 2 aliphatic heterocycles. The van der Waals surface area contributed by atoms with Gasteiger partial charge in [0.05, 0.1) is 28.0 Å². The molecule has 1 amide bonds. The Balaban J connectivity index is 1.15. The first-order valence-corrected chi connectivity index (χ1v) is 15.4. The average Bonchev–Trinajstić information content (AvgIpc) is 2.97. The quantitative estimate of drug-likeness (QED) is 0.191. The first kappa shape index (κ1) is 31.3. The molecule has 41 heavy (non-hydrogen) atoms. The van der Waals surface area contributed by atoms with Crippen molar-refractivity contribution in [1.82, 2.24) is 9.80 Å². The number of carbonyl (C=O) groups is 1. The van der Waals surface area contributed by atoms with Gasteiger partial charge in [-0.1, -0.05) is 49.2 Å². The van der Waals surface area contributed by atoms with Crippen LogP contribution in [-0.2, 0) is 15.9 Å². The number of carbonyl (C=O) groups excluding carboxylic acids is 1. The van der Waals surface area contributed by atoms with Gasteiger partial charge >= 0.3 is 6.09 Å². The predicted molar refractivity (Wildman–Crippen MR) is 166 cm³/mol. The maximum Gasteiger partial charge on any atom is 0.412 e. The van der Waals surface area contributed by atoms with E-state index in [0.717, 1.165) is 74.7 Å². The van der Waals surface area contributed by atoms with Crippen LogP contribution in [0.1, 0.15) is 45.6 Å². The third-order valence-corrected chi connectivity index (χ3v) is 8.13. The number of unbranched alkanes of at least 4 members (excludes halogenated alkanes) is 1. The highest BCUT2D eigenvalue weighted by atomic mass is 35.5. The van der Waals surface area contributed by atoms with Crippen molar-refractivity contribution in [2.45, 2.75) is 46.5 Å². The van der Waals surface area contributed by atoms with Crippen LogP contribution in [0.15, 0.2) is 41.4 Å². The molecule has 2 aromatic rings. The molecule has 0 spiro atoms. The van der Waals surface area contributed by atoms with Crippen molar-refractivity contribution in [2.75, 3.05) is 64.1 Å². The maximum absolute atomic E-state index is 12.3. The lowest BCUT2D eigenvalue weighted by Gasteiger charge is -2.36. The number of anilines is 1. The zero-order valence-electron chi connectivity index (χ0n) is 24.4. The van der Waals surface area contributed by atoms with E-state index in [1.54, 1.807) is 4.90 Å². The monoisotopic (exact) mass is 604 g/mol. The van der Waals surface area contributed by atoms with E-state index < -0.39 is 0 Å². The number of ether oxygens (including phenoxy) is 3. The van der Waals surface area contributed by atoms with Crippen LogP contribution in [0.25, 0.3) is 0 Å². The summed E-state index contributed by atoms with van der Waals surface area (Å²) in [6.07, 6.45) is 3.19. The van der Waals surface area contributed by atoms with Crippen molar-refractivity contribution in [3.8, 4) is 5.75 Å². The zero-order chi connectivity index (χ0) is 29.2. The summed E-state index contributed by atoms with van der Waals surface area (Å²) in [5.41, 5.74) is 3.03. The molecule has 2 heterocycles. The van der Waals surface area contributed by atoms with Crippen molar-refractivity contribution < 1.29 is 19.0 Å². The predicted octanol–water partition coefficient (Wildman–Crippen LogP) is 7.04. The third kappa shape index (κ3) is 9.15.